The molecular weight excluding hydrogens is 320 g/mol. The molecule has 0 unspecified atom stereocenters. The van der Waals surface area contributed by atoms with E-state index in [1.54, 1.807) is 17.4 Å². The van der Waals surface area contributed by atoms with E-state index >= 15 is 0 Å². The van der Waals surface area contributed by atoms with Crippen LogP contribution >= 0.6 is 11.3 Å². The summed E-state index contributed by atoms with van der Waals surface area (Å²) in [5.74, 6) is -1.11. The molecule has 0 radical (unpaired) electrons. The zero-order valence-electron chi connectivity index (χ0n) is 12.1. The monoisotopic (exact) mass is 334 g/mol. The number of hydrogen-bond acceptors (Lipinski definition) is 6. The van der Waals surface area contributed by atoms with E-state index in [1.165, 1.54) is 18.2 Å². The highest BCUT2D eigenvalue weighted by atomic mass is 32.1. The van der Waals surface area contributed by atoms with Crippen LogP contribution in [0.5, 0.6) is 0 Å². The van der Waals surface area contributed by atoms with Crippen LogP contribution in [-0.2, 0) is 20.7 Å². The summed E-state index contributed by atoms with van der Waals surface area (Å²) >= 11 is 1.54. The van der Waals surface area contributed by atoms with E-state index in [2.05, 4.69) is 5.32 Å². The molecule has 0 saturated heterocycles. The Bertz CT molecular complexity index is 700. The van der Waals surface area contributed by atoms with E-state index in [0.29, 0.717) is 6.42 Å². The highest BCUT2D eigenvalue weighted by Crippen LogP contribution is 2.22. The van der Waals surface area contributed by atoms with Crippen LogP contribution < -0.4 is 5.32 Å². The van der Waals surface area contributed by atoms with Gasteiger partial charge in [0.1, 0.15) is 5.69 Å². The minimum atomic E-state index is -0.622. The van der Waals surface area contributed by atoms with Crippen LogP contribution in [0.4, 0.5) is 11.4 Å². The molecule has 1 N–H and O–H groups in total. The van der Waals surface area contributed by atoms with E-state index < -0.39 is 23.4 Å². The molecule has 0 bridgehead atoms. The molecule has 0 spiro atoms. The molecule has 1 aromatic carbocycles. The topological polar surface area (TPSA) is 98.5 Å². The average molecular weight is 334 g/mol. The molecule has 0 atom stereocenters. The Hall–Kier alpha value is -2.74. The number of para-hydroxylation sites is 2. The fraction of sp³-hybridized carbons (Fsp3) is 0.200. The zero-order chi connectivity index (χ0) is 16.7. The number of benzene rings is 1. The van der Waals surface area contributed by atoms with Crippen LogP contribution in [0.15, 0.2) is 41.8 Å². The first-order valence-corrected chi connectivity index (χ1v) is 7.65. The molecule has 120 valence electrons. The smallest absolute Gasteiger partial charge is 0.306 e. The van der Waals surface area contributed by atoms with E-state index in [0.717, 1.165) is 4.88 Å². The Morgan fingerprint density at radius 3 is 2.70 bits per heavy atom. The summed E-state index contributed by atoms with van der Waals surface area (Å²) in [6, 6.07) is 9.57. The number of aryl methyl sites for hydroxylation is 1. The van der Waals surface area contributed by atoms with Gasteiger partial charge in [0, 0.05) is 10.9 Å². The van der Waals surface area contributed by atoms with Gasteiger partial charge in [-0.25, -0.2) is 0 Å². The molecule has 1 heterocycles. The van der Waals surface area contributed by atoms with Gasteiger partial charge in [0.15, 0.2) is 6.61 Å². The van der Waals surface area contributed by atoms with Crippen molar-refractivity contribution < 1.29 is 19.2 Å². The second-order valence-corrected chi connectivity index (χ2v) is 5.59. The summed E-state index contributed by atoms with van der Waals surface area (Å²) < 4.78 is 4.86. The van der Waals surface area contributed by atoms with Gasteiger partial charge in [0.2, 0.25) is 0 Å². The third-order valence-electron chi connectivity index (χ3n) is 2.89. The summed E-state index contributed by atoms with van der Waals surface area (Å²) in [5.41, 5.74) is -0.151. The highest BCUT2D eigenvalue weighted by molar-refractivity contribution is 7.09. The molecule has 2 aromatic rings. The lowest BCUT2D eigenvalue weighted by atomic mass is 10.2. The Balaban J connectivity index is 1.79. The second-order valence-electron chi connectivity index (χ2n) is 4.56. The maximum absolute atomic E-state index is 11.7. The summed E-state index contributed by atoms with van der Waals surface area (Å²) in [4.78, 5) is 34.6. The first kappa shape index (κ1) is 16.6. The van der Waals surface area contributed by atoms with Gasteiger partial charge < -0.3 is 10.1 Å². The molecule has 0 saturated carbocycles. The quantitative estimate of drug-likeness (QED) is 0.477. The summed E-state index contributed by atoms with van der Waals surface area (Å²) in [5, 5.41) is 15.1. The van der Waals surface area contributed by atoms with Crippen LogP contribution in [0.3, 0.4) is 0 Å². The van der Waals surface area contributed by atoms with Gasteiger partial charge in [-0.3, -0.25) is 19.7 Å². The van der Waals surface area contributed by atoms with Crippen molar-refractivity contribution in [2.24, 2.45) is 0 Å². The Morgan fingerprint density at radius 1 is 1.22 bits per heavy atom. The number of rotatable bonds is 7. The number of nitrogens with one attached hydrogen (secondary N) is 1. The first-order valence-electron chi connectivity index (χ1n) is 6.77. The van der Waals surface area contributed by atoms with E-state index in [1.807, 2.05) is 17.5 Å². The average Bonchev–Trinajstić information content (AvgIpc) is 3.04. The van der Waals surface area contributed by atoms with Crippen molar-refractivity contribution in [1.82, 2.24) is 0 Å². The van der Waals surface area contributed by atoms with E-state index in [-0.39, 0.29) is 17.8 Å². The lowest BCUT2D eigenvalue weighted by Crippen LogP contribution is -2.21. The zero-order valence-corrected chi connectivity index (χ0v) is 12.9. The highest BCUT2D eigenvalue weighted by Gasteiger charge is 2.15. The molecule has 0 fully saturated rings. The maximum atomic E-state index is 11.7. The predicted octanol–water partition coefficient (Wildman–Crippen LogP) is 2.77. The molecule has 0 aliphatic heterocycles. The molecule has 1 amide bonds. The predicted molar refractivity (Wildman–Crippen MR) is 85.3 cm³/mol. The van der Waals surface area contributed by atoms with Crippen molar-refractivity contribution in [2.45, 2.75) is 12.8 Å². The van der Waals surface area contributed by atoms with Gasteiger partial charge in [0.05, 0.1) is 11.3 Å². The number of nitro benzene ring substituents is 1. The van der Waals surface area contributed by atoms with Gasteiger partial charge in [-0.05, 0) is 23.9 Å². The Morgan fingerprint density at radius 2 is 2.00 bits per heavy atom. The van der Waals surface area contributed by atoms with Crippen molar-refractivity contribution in [2.75, 3.05) is 11.9 Å². The van der Waals surface area contributed by atoms with Gasteiger partial charge in [-0.15, -0.1) is 11.3 Å². The molecule has 7 nitrogen and oxygen atoms in total. The maximum Gasteiger partial charge on any atom is 0.306 e. The lowest BCUT2D eigenvalue weighted by molar-refractivity contribution is -0.383. The third-order valence-corrected chi connectivity index (χ3v) is 3.83. The van der Waals surface area contributed by atoms with Crippen molar-refractivity contribution in [3.63, 3.8) is 0 Å². The van der Waals surface area contributed by atoms with E-state index in [9.17, 15) is 19.7 Å². The van der Waals surface area contributed by atoms with Crippen molar-refractivity contribution in [1.29, 1.82) is 0 Å². The fourth-order valence-electron chi connectivity index (χ4n) is 1.82. The fourth-order valence-corrected chi connectivity index (χ4v) is 2.53. The number of carbonyl (C=O) groups is 2. The van der Waals surface area contributed by atoms with Gasteiger partial charge in [0.25, 0.3) is 11.6 Å². The van der Waals surface area contributed by atoms with Gasteiger partial charge in [-0.1, -0.05) is 18.2 Å². The van der Waals surface area contributed by atoms with E-state index in [4.69, 9.17) is 4.74 Å². The van der Waals surface area contributed by atoms with Crippen molar-refractivity contribution >= 4 is 34.6 Å². The minimum Gasteiger partial charge on any atom is -0.456 e. The molecule has 23 heavy (non-hydrogen) atoms. The number of ether oxygens (including phenoxy) is 1. The molecule has 2 rings (SSSR count). The van der Waals surface area contributed by atoms with Crippen LogP contribution in [-0.4, -0.2) is 23.4 Å². The summed E-state index contributed by atoms with van der Waals surface area (Å²) in [6.07, 6.45) is 0.738. The van der Waals surface area contributed by atoms with Crippen molar-refractivity contribution in [3.05, 3.63) is 56.8 Å². The molecule has 0 aliphatic rings. The molecular formula is C15H14N2O5S. The van der Waals surface area contributed by atoms with Crippen LogP contribution in [0, 0.1) is 10.1 Å². The Labute approximate surface area is 136 Å². The second kappa shape index (κ2) is 8.04. The number of nitro groups is 1. The van der Waals surface area contributed by atoms with Crippen LogP contribution in [0.2, 0.25) is 0 Å². The summed E-state index contributed by atoms with van der Waals surface area (Å²) in [6.45, 7) is -0.477. The first-order chi connectivity index (χ1) is 11.1. The molecule has 1 aromatic heterocycles. The normalized spacial score (nSPS) is 10.1. The van der Waals surface area contributed by atoms with Crippen LogP contribution in [0.25, 0.3) is 0 Å². The summed E-state index contributed by atoms with van der Waals surface area (Å²) in [7, 11) is 0. The van der Waals surface area contributed by atoms with Crippen LogP contribution in [0.1, 0.15) is 11.3 Å². The standard InChI is InChI=1S/C15H14N2O5S/c18-14(16-12-5-1-2-6-13(12)17(20)21)10-22-15(19)8-7-11-4-3-9-23-11/h1-6,9H,7-8,10H2,(H,16,18). The number of carbonyl (C=O) groups excluding carboxylic acids is 2. The number of anilines is 1. The third kappa shape index (κ3) is 5.19. The number of thiophene rings is 1. The van der Waals surface area contributed by atoms with Gasteiger partial charge in [-0.2, -0.15) is 0 Å². The lowest BCUT2D eigenvalue weighted by Gasteiger charge is -2.06. The molecule has 8 heteroatoms. The number of amides is 1. The number of hydrogen-bond donors (Lipinski definition) is 1. The number of esters is 1. The largest absolute Gasteiger partial charge is 0.456 e. The SMILES string of the molecule is O=C(COC(=O)CCc1cccs1)Nc1ccccc1[N+](=O)[O-]. The minimum absolute atomic E-state index is 0.0668. The van der Waals surface area contributed by atoms with Gasteiger partial charge >= 0.3 is 5.97 Å². The number of nitrogens with zero attached hydrogens (tertiary/aromatic N) is 1. The Kier molecular flexibility index (Phi) is 5.81. The molecule has 0 aliphatic carbocycles. The van der Waals surface area contributed by atoms with Crippen molar-refractivity contribution in [3.8, 4) is 0 Å².